The Kier molecular flexibility index (Phi) is 8.00. The molecule has 0 bridgehead atoms. The van der Waals surface area contributed by atoms with E-state index >= 15 is 0 Å². The molecule has 0 spiro atoms. The summed E-state index contributed by atoms with van der Waals surface area (Å²) in [5.41, 5.74) is 3.34. The number of likely N-dealkylation sites (tertiary alicyclic amines) is 1. The van der Waals surface area contributed by atoms with Crippen LogP contribution in [-0.2, 0) is 16.1 Å². The molecule has 2 aliphatic rings. The highest BCUT2D eigenvalue weighted by Gasteiger charge is 2.25. The molecule has 0 radical (unpaired) electrons. The van der Waals surface area contributed by atoms with E-state index in [1.165, 1.54) is 6.42 Å². The summed E-state index contributed by atoms with van der Waals surface area (Å²) in [6, 6.07) is 15.5. The zero-order chi connectivity index (χ0) is 23.0. The molecule has 2 heterocycles. The highest BCUT2D eigenvalue weighted by molar-refractivity contribution is 6.02. The molecule has 2 fully saturated rings. The van der Waals surface area contributed by atoms with Crippen LogP contribution in [0.1, 0.15) is 54.9 Å². The van der Waals surface area contributed by atoms with Crippen molar-refractivity contribution in [2.75, 3.05) is 43.0 Å². The Morgan fingerprint density at radius 3 is 2.42 bits per heavy atom. The van der Waals surface area contributed by atoms with Gasteiger partial charge in [0.15, 0.2) is 0 Å². The van der Waals surface area contributed by atoms with Gasteiger partial charge in [0.05, 0.1) is 12.2 Å². The average molecular weight is 450 g/mol. The molecule has 6 nitrogen and oxygen atoms in total. The minimum atomic E-state index is -0.221. The molecule has 6 heteroatoms. The number of hydrogen-bond donors (Lipinski definition) is 1. The molecule has 33 heavy (non-hydrogen) atoms. The molecule has 0 aromatic heterocycles. The lowest BCUT2D eigenvalue weighted by atomic mass is 9.97. The number of nitrogens with one attached hydrogen (secondary N) is 1. The van der Waals surface area contributed by atoms with Crippen LogP contribution in [0.5, 0.6) is 0 Å². The number of carbonyl (C=O) groups is 2. The smallest absolute Gasteiger partial charge is 0.256 e. The number of anilines is 2. The van der Waals surface area contributed by atoms with E-state index in [2.05, 4.69) is 17.1 Å². The van der Waals surface area contributed by atoms with Crippen LogP contribution in [0.4, 0.5) is 11.4 Å². The van der Waals surface area contributed by atoms with Crippen molar-refractivity contribution in [3.63, 3.8) is 0 Å². The number of piperidine rings is 2. The van der Waals surface area contributed by atoms with E-state index in [0.717, 1.165) is 69.0 Å². The van der Waals surface area contributed by atoms with Crippen molar-refractivity contribution in [1.29, 1.82) is 0 Å². The van der Waals surface area contributed by atoms with Crippen LogP contribution in [0, 0.1) is 5.92 Å². The van der Waals surface area contributed by atoms with E-state index in [9.17, 15) is 9.59 Å². The van der Waals surface area contributed by atoms with Crippen molar-refractivity contribution >= 4 is 23.2 Å². The number of ether oxygens (including phenoxy) is 1. The van der Waals surface area contributed by atoms with E-state index in [-0.39, 0.29) is 18.4 Å². The van der Waals surface area contributed by atoms with Gasteiger partial charge in [0, 0.05) is 37.6 Å². The molecule has 0 saturated carbocycles. The van der Waals surface area contributed by atoms with Crippen LogP contribution in [-0.4, -0.2) is 49.5 Å². The topological polar surface area (TPSA) is 61.9 Å². The summed E-state index contributed by atoms with van der Waals surface area (Å²) in [6.07, 6.45) is 5.55. The second kappa shape index (κ2) is 11.3. The summed E-state index contributed by atoms with van der Waals surface area (Å²) in [5.74, 6) is 0.568. The van der Waals surface area contributed by atoms with E-state index < -0.39 is 0 Å². The molecule has 0 unspecified atom stereocenters. The van der Waals surface area contributed by atoms with Gasteiger partial charge in [-0.3, -0.25) is 9.59 Å². The molecule has 2 aromatic carbocycles. The van der Waals surface area contributed by atoms with Gasteiger partial charge in [-0.2, -0.15) is 0 Å². The molecule has 4 rings (SSSR count). The maximum atomic E-state index is 13.5. The quantitative estimate of drug-likeness (QED) is 0.665. The van der Waals surface area contributed by atoms with Gasteiger partial charge >= 0.3 is 0 Å². The molecule has 1 N–H and O–H groups in total. The first-order chi connectivity index (χ1) is 16.1. The minimum Gasteiger partial charge on any atom is -0.371 e. The first-order valence-corrected chi connectivity index (χ1v) is 12.2. The van der Waals surface area contributed by atoms with Crippen LogP contribution in [0.3, 0.4) is 0 Å². The fourth-order valence-electron chi connectivity index (χ4n) is 4.61. The minimum absolute atomic E-state index is 0.0317. The highest BCUT2D eigenvalue weighted by Crippen LogP contribution is 2.30. The number of amides is 2. The van der Waals surface area contributed by atoms with E-state index in [4.69, 9.17) is 4.74 Å². The van der Waals surface area contributed by atoms with Crippen molar-refractivity contribution < 1.29 is 14.3 Å². The maximum absolute atomic E-state index is 13.5. The van der Waals surface area contributed by atoms with E-state index in [1.54, 1.807) is 0 Å². The van der Waals surface area contributed by atoms with Crippen LogP contribution < -0.4 is 10.2 Å². The Morgan fingerprint density at radius 2 is 1.70 bits per heavy atom. The van der Waals surface area contributed by atoms with Crippen molar-refractivity contribution in [2.24, 2.45) is 5.92 Å². The molecule has 2 amide bonds. The fourth-order valence-corrected chi connectivity index (χ4v) is 4.61. The van der Waals surface area contributed by atoms with Crippen molar-refractivity contribution in [2.45, 2.75) is 45.6 Å². The lowest BCUT2D eigenvalue weighted by Gasteiger charge is -2.35. The fraction of sp³-hybridized carbons (Fsp3) is 0.481. The molecular formula is C27H35N3O3. The van der Waals surface area contributed by atoms with Crippen LogP contribution in [0.2, 0.25) is 0 Å². The third-order valence-corrected chi connectivity index (χ3v) is 6.62. The third kappa shape index (κ3) is 6.35. The first-order valence-electron chi connectivity index (χ1n) is 12.2. The Hall–Kier alpha value is -2.86. The van der Waals surface area contributed by atoms with Crippen LogP contribution >= 0.6 is 0 Å². The van der Waals surface area contributed by atoms with Gasteiger partial charge in [0.1, 0.15) is 6.61 Å². The third-order valence-electron chi connectivity index (χ3n) is 6.62. The molecule has 2 aliphatic heterocycles. The van der Waals surface area contributed by atoms with Gasteiger partial charge < -0.3 is 19.9 Å². The summed E-state index contributed by atoms with van der Waals surface area (Å²) in [4.78, 5) is 30.2. The summed E-state index contributed by atoms with van der Waals surface area (Å²) in [7, 11) is 0. The molecular weight excluding hydrogens is 414 g/mol. The van der Waals surface area contributed by atoms with Crippen molar-refractivity contribution in [3.05, 3.63) is 59.7 Å². The number of rotatable bonds is 7. The Morgan fingerprint density at radius 1 is 0.970 bits per heavy atom. The predicted molar refractivity (Wildman–Crippen MR) is 132 cm³/mol. The Balaban J connectivity index is 1.45. The molecule has 2 aromatic rings. The summed E-state index contributed by atoms with van der Waals surface area (Å²) in [5, 5.41) is 2.91. The predicted octanol–water partition coefficient (Wildman–Crippen LogP) is 4.70. The van der Waals surface area contributed by atoms with Crippen molar-refractivity contribution in [3.8, 4) is 0 Å². The normalized spacial score (nSPS) is 17.1. The van der Waals surface area contributed by atoms with Crippen LogP contribution in [0.25, 0.3) is 0 Å². The number of carbonyl (C=O) groups excluding carboxylic acids is 2. The van der Waals surface area contributed by atoms with Crippen LogP contribution in [0.15, 0.2) is 48.5 Å². The number of hydrogen-bond acceptors (Lipinski definition) is 4. The number of benzene rings is 2. The van der Waals surface area contributed by atoms with Gasteiger partial charge in [-0.1, -0.05) is 37.3 Å². The van der Waals surface area contributed by atoms with Crippen molar-refractivity contribution in [1.82, 2.24) is 4.90 Å². The Labute approximate surface area is 196 Å². The number of nitrogens with zero attached hydrogens (tertiary/aromatic N) is 2. The van der Waals surface area contributed by atoms with Gasteiger partial charge in [-0.05, 0) is 61.8 Å². The summed E-state index contributed by atoms with van der Waals surface area (Å²) < 4.78 is 5.56. The van der Waals surface area contributed by atoms with Gasteiger partial charge in [-0.15, -0.1) is 0 Å². The lowest BCUT2D eigenvalue weighted by molar-refractivity contribution is -0.121. The second-order valence-electron chi connectivity index (χ2n) is 9.28. The zero-order valence-electron chi connectivity index (χ0n) is 19.6. The summed E-state index contributed by atoms with van der Waals surface area (Å²) in [6.45, 7) is 6.17. The Bertz CT molecular complexity index is 933. The molecule has 176 valence electrons. The van der Waals surface area contributed by atoms with Gasteiger partial charge in [0.2, 0.25) is 5.91 Å². The van der Waals surface area contributed by atoms with Gasteiger partial charge in [-0.25, -0.2) is 0 Å². The average Bonchev–Trinajstić information content (AvgIpc) is 2.85. The molecule has 0 atom stereocenters. The summed E-state index contributed by atoms with van der Waals surface area (Å²) >= 11 is 0. The van der Waals surface area contributed by atoms with Gasteiger partial charge in [0.25, 0.3) is 5.91 Å². The first kappa shape index (κ1) is 23.3. The second-order valence-corrected chi connectivity index (χ2v) is 9.28. The van der Waals surface area contributed by atoms with E-state index in [1.807, 2.05) is 53.4 Å². The largest absolute Gasteiger partial charge is 0.371 e. The SMILES string of the molecule is CC1CCN(c2ccc(NC(=O)COCc3ccccc3)cc2C(=O)N2CCCCC2)CC1. The highest BCUT2D eigenvalue weighted by atomic mass is 16.5. The molecule has 2 saturated heterocycles. The zero-order valence-corrected chi connectivity index (χ0v) is 19.6. The van der Waals surface area contributed by atoms with E-state index in [0.29, 0.717) is 17.9 Å². The molecule has 0 aliphatic carbocycles. The maximum Gasteiger partial charge on any atom is 0.256 e. The standard InChI is InChI=1S/C27H35N3O3/c1-21-12-16-29(17-13-21)25-11-10-23(18-24(25)27(32)30-14-6-3-7-15-30)28-26(31)20-33-19-22-8-4-2-5-9-22/h2,4-5,8-11,18,21H,3,6-7,12-17,19-20H2,1H3,(H,28,31). The lowest BCUT2D eigenvalue weighted by Crippen LogP contribution is -2.38. The monoisotopic (exact) mass is 449 g/mol.